The second kappa shape index (κ2) is 6.69. The van der Waals surface area contributed by atoms with Crippen LogP contribution in [-0.4, -0.2) is 51.5 Å². The lowest BCUT2D eigenvalue weighted by atomic mass is 9.98. The average molecular weight is 307 g/mol. The SMILES string of the molecule is CN1CCCC1Cn1ncc(OC2CCCCC2)c1C(=O)O. The van der Waals surface area contributed by atoms with Gasteiger partial charge in [-0.25, -0.2) is 4.79 Å². The maximum atomic E-state index is 11.6. The Balaban J connectivity index is 1.74. The number of carboxylic acid groups (broad SMARTS) is 1. The second-order valence-electron chi connectivity index (χ2n) is 6.50. The maximum absolute atomic E-state index is 11.6. The van der Waals surface area contributed by atoms with Crippen LogP contribution < -0.4 is 4.74 Å². The first kappa shape index (κ1) is 15.3. The van der Waals surface area contributed by atoms with Crippen molar-refractivity contribution >= 4 is 5.97 Å². The van der Waals surface area contributed by atoms with E-state index < -0.39 is 5.97 Å². The fraction of sp³-hybridized carbons (Fsp3) is 0.750. The molecule has 2 fully saturated rings. The summed E-state index contributed by atoms with van der Waals surface area (Å²) in [7, 11) is 2.08. The van der Waals surface area contributed by atoms with E-state index in [0.29, 0.717) is 18.3 Å². The number of likely N-dealkylation sites (tertiary alicyclic amines) is 1. The van der Waals surface area contributed by atoms with Crippen LogP contribution in [0.4, 0.5) is 0 Å². The Labute approximate surface area is 131 Å². The lowest BCUT2D eigenvalue weighted by molar-refractivity contribution is 0.0669. The largest absolute Gasteiger partial charge is 0.486 e. The summed E-state index contributed by atoms with van der Waals surface area (Å²) in [6.07, 6.45) is 9.56. The fourth-order valence-electron chi connectivity index (χ4n) is 3.58. The number of hydrogen-bond acceptors (Lipinski definition) is 4. The summed E-state index contributed by atoms with van der Waals surface area (Å²) in [5.74, 6) is -0.524. The van der Waals surface area contributed by atoms with Crippen LogP contribution in [0, 0.1) is 0 Å². The van der Waals surface area contributed by atoms with Gasteiger partial charge in [-0.1, -0.05) is 6.42 Å². The monoisotopic (exact) mass is 307 g/mol. The van der Waals surface area contributed by atoms with Crippen molar-refractivity contribution in [1.29, 1.82) is 0 Å². The van der Waals surface area contributed by atoms with Crippen molar-refractivity contribution in [3.63, 3.8) is 0 Å². The van der Waals surface area contributed by atoms with Crippen LogP contribution in [0.1, 0.15) is 55.4 Å². The summed E-state index contributed by atoms with van der Waals surface area (Å²) in [6, 6.07) is 0.362. The van der Waals surface area contributed by atoms with Gasteiger partial charge in [0.1, 0.15) is 0 Å². The van der Waals surface area contributed by atoms with Gasteiger partial charge in [0.05, 0.1) is 18.8 Å². The van der Waals surface area contributed by atoms with E-state index >= 15 is 0 Å². The summed E-state index contributed by atoms with van der Waals surface area (Å²) in [4.78, 5) is 13.9. The fourth-order valence-corrected chi connectivity index (χ4v) is 3.58. The minimum absolute atomic E-state index is 0.138. The van der Waals surface area contributed by atoms with Crippen LogP contribution in [0.3, 0.4) is 0 Å². The Bertz CT molecular complexity index is 523. The molecule has 0 aromatic carbocycles. The molecule has 0 radical (unpaired) electrons. The minimum atomic E-state index is -0.955. The van der Waals surface area contributed by atoms with Crippen molar-refractivity contribution in [1.82, 2.24) is 14.7 Å². The molecule has 1 aliphatic carbocycles. The molecular formula is C16H25N3O3. The predicted octanol–water partition coefficient (Wildman–Crippen LogP) is 2.39. The van der Waals surface area contributed by atoms with E-state index in [1.165, 1.54) is 6.42 Å². The van der Waals surface area contributed by atoms with Gasteiger partial charge in [-0.2, -0.15) is 5.10 Å². The molecule has 0 spiro atoms. The molecule has 1 aromatic rings. The summed E-state index contributed by atoms with van der Waals surface area (Å²) in [5, 5.41) is 13.8. The highest BCUT2D eigenvalue weighted by Gasteiger charge is 2.27. The van der Waals surface area contributed by atoms with E-state index in [4.69, 9.17) is 4.74 Å². The Morgan fingerprint density at radius 2 is 2.09 bits per heavy atom. The zero-order valence-electron chi connectivity index (χ0n) is 13.2. The van der Waals surface area contributed by atoms with Gasteiger partial charge in [0.2, 0.25) is 0 Å². The minimum Gasteiger partial charge on any atom is -0.486 e. The Morgan fingerprint density at radius 1 is 1.32 bits per heavy atom. The van der Waals surface area contributed by atoms with Crippen LogP contribution >= 0.6 is 0 Å². The highest BCUT2D eigenvalue weighted by molar-refractivity contribution is 5.88. The smallest absolute Gasteiger partial charge is 0.358 e. The molecule has 2 aliphatic rings. The normalized spacial score (nSPS) is 23.8. The standard InChI is InChI=1S/C16H25N3O3/c1-18-9-5-6-12(18)11-19-15(16(20)21)14(10-17-19)22-13-7-3-2-4-8-13/h10,12-13H,2-9,11H2,1H3,(H,20,21). The quantitative estimate of drug-likeness (QED) is 0.904. The molecule has 122 valence electrons. The molecule has 22 heavy (non-hydrogen) atoms. The number of nitrogens with zero attached hydrogens (tertiary/aromatic N) is 3. The highest BCUT2D eigenvalue weighted by atomic mass is 16.5. The molecule has 2 heterocycles. The first-order valence-corrected chi connectivity index (χ1v) is 8.31. The summed E-state index contributed by atoms with van der Waals surface area (Å²) >= 11 is 0. The summed E-state index contributed by atoms with van der Waals surface area (Å²) in [6.45, 7) is 1.69. The van der Waals surface area contributed by atoms with Gasteiger partial charge in [0.15, 0.2) is 11.4 Å². The van der Waals surface area contributed by atoms with Crippen LogP contribution in [0.25, 0.3) is 0 Å². The van der Waals surface area contributed by atoms with Crippen molar-refractivity contribution < 1.29 is 14.6 Å². The van der Waals surface area contributed by atoms with Gasteiger partial charge >= 0.3 is 5.97 Å². The number of ether oxygens (including phenoxy) is 1. The number of rotatable bonds is 5. The maximum Gasteiger partial charge on any atom is 0.358 e. The molecule has 1 aromatic heterocycles. The van der Waals surface area contributed by atoms with Gasteiger partial charge in [0.25, 0.3) is 0 Å². The third kappa shape index (κ3) is 3.27. The number of likely N-dealkylation sites (N-methyl/N-ethyl adjacent to an activating group) is 1. The molecule has 1 aliphatic heterocycles. The molecule has 6 heteroatoms. The van der Waals surface area contributed by atoms with E-state index in [1.807, 2.05) is 0 Å². The van der Waals surface area contributed by atoms with E-state index in [9.17, 15) is 9.90 Å². The number of carbonyl (C=O) groups is 1. The number of aromatic carboxylic acids is 1. The zero-order valence-corrected chi connectivity index (χ0v) is 13.2. The number of aromatic nitrogens is 2. The van der Waals surface area contributed by atoms with Crippen molar-refractivity contribution in [2.75, 3.05) is 13.6 Å². The zero-order chi connectivity index (χ0) is 15.5. The molecule has 1 saturated carbocycles. The van der Waals surface area contributed by atoms with E-state index in [-0.39, 0.29) is 11.8 Å². The highest BCUT2D eigenvalue weighted by Crippen LogP contribution is 2.27. The van der Waals surface area contributed by atoms with E-state index in [1.54, 1.807) is 10.9 Å². The molecule has 0 amide bonds. The third-order valence-electron chi connectivity index (χ3n) is 4.91. The average Bonchev–Trinajstić information content (AvgIpc) is 3.08. The first-order chi connectivity index (χ1) is 10.6. The molecule has 3 rings (SSSR count). The van der Waals surface area contributed by atoms with Gasteiger partial charge in [-0.15, -0.1) is 0 Å². The first-order valence-electron chi connectivity index (χ1n) is 8.31. The van der Waals surface area contributed by atoms with Crippen LogP contribution in [0.15, 0.2) is 6.20 Å². The van der Waals surface area contributed by atoms with Crippen molar-refractivity contribution in [2.45, 2.75) is 63.6 Å². The molecule has 1 N–H and O–H groups in total. The molecule has 1 unspecified atom stereocenters. The van der Waals surface area contributed by atoms with Gasteiger partial charge in [-0.05, 0) is 52.1 Å². The Morgan fingerprint density at radius 3 is 2.73 bits per heavy atom. The molecule has 1 atom stereocenters. The predicted molar refractivity (Wildman–Crippen MR) is 82.3 cm³/mol. The summed E-state index contributed by atoms with van der Waals surface area (Å²) in [5.41, 5.74) is 0.200. The van der Waals surface area contributed by atoms with Gasteiger partial charge in [-0.3, -0.25) is 4.68 Å². The molecule has 1 saturated heterocycles. The second-order valence-corrected chi connectivity index (χ2v) is 6.50. The van der Waals surface area contributed by atoms with Crippen molar-refractivity contribution in [3.8, 4) is 5.75 Å². The lowest BCUT2D eigenvalue weighted by Gasteiger charge is -2.23. The Hall–Kier alpha value is -1.56. The lowest BCUT2D eigenvalue weighted by Crippen LogP contribution is -2.31. The third-order valence-corrected chi connectivity index (χ3v) is 4.91. The number of carboxylic acids is 1. The molecule has 6 nitrogen and oxygen atoms in total. The number of hydrogen-bond donors (Lipinski definition) is 1. The molecule has 0 bridgehead atoms. The van der Waals surface area contributed by atoms with Crippen LogP contribution in [0.5, 0.6) is 5.75 Å². The van der Waals surface area contributed by atoms with Crippen molar-refractivity contribution in [3.05, 3.63) is 11.9 Å². The van der Waals surface area contributed by atoms with E-state index in [2.05, 4.69) is 17.0 Å². The van der Waals surface area contributed by atoms with Crippen LogP contribution in [0.2, 0.25) is 0 Å². The van der Waals surface area contributed by atoms with Gasteiger partial charge < -0.3 is 14.7 Å². The van der Waals surface area contributed by atoms with Crippen LogP contribution in [-0.2, 0) is 6.54 Å². The van der Waals surface area contributed by atoms with Crippen molar-refractivity contribution in [2.24, 2.45) is 0 Å². The Kier molecular flexibility index (Phi) is 4.66. The van der Waals surface area contributed by atoms with Gasteiger partial charge in [0, 0.05) is 6.04 Å². The molecular weight excluding hydrogens is 282 g/mol. The van der Waals surface area contributed by atoms with E-state index in [0.717, 1.165) is 45.1 Å². The topological polar surface area (TPSA) is 67.6 Å². The summed E-state index contributed by atoms with van der Waals surface area (Å²) < 4.78 is 7.55.